The third-order valence-corrected chi connectivity index (χ3v) is 3.14. The standard InChI is InChI=1S/C12H18N4O/c1-16(10-3-2-4-13-7-10)9-12(17)11-8-14-5-6-15-11/h5-6,8,10,13H,2-4,7,9H2,1H3/t10-/m0/s1. The zero-order valence-corrected chi connectivity index (χ0v) is 10.1. The highest BCUT2D eigenvalue weighted by Crippen LogP contribution is 2.08. The molecule has 0 unspecified atom stereocenters. The first-order valence-electron chi connectivity index (χ1n) is 5.97. The Kier molecular flexibility index (Phi) is 4.17. The van der Waals surface area contributed by atoms with E-state index in [-0.39, 0.29) is 5.78 Å². The number of carbonyl (C=O) groups excluding carboxylic acids is 1. The van der Waals surface area contributed by atoms with Gasteiger partial charge in [-0.2, -0.15) is 0 Å². The van der Waals surface area contributed by atoms with E-state index in [0.717, 1.165) is 19.5 Å². The number of likely N-dealkylation sites (N-methyl/N-ethyl adjacent to an activating group) is 1. The van der Waals surface area contributed by atoms with Gasteiger partial charge in [0.1, 0.15) is 5.69 Å². The summed E-state index contributed by atoms with van der Waals surface area (Å²) in [4.78, 5) is 22.0. The Hall–Kier alpha value is -1.33. The van der Waals surface area contributed by atoms with Gasteiger partial charge in [-0.05, 0) is 26.4 Å². The normalized spacial score (nSPS) is 20.5. The van der Waals surface area contributed by atoms with Crippen LogP contribution in [0.1, 0.15) is 23.3 Å². The predicted molar refractivity (Wildman–Crippen MR) is 64.9 cm³/mol. The summed E-state index contributed by atoms with van der Waals surface area (Å²) in [7, 11) is 1.99. The first-order chi connectivity index (χ1) is 8.27. The van der Waals surface area contributed by atoms with Crippen molar-refractivity contribution in [3.8, 4) is 0 Å². The molecule has 0 radical (unpaired) electrons. The lowest BCUT2D eigenvalue weighted by atomic mass is 10.1. The van der Waals surface area contributed by atoms with Gasteiger partial charge in [-0.15, -0.1) is 0 Å². The number of Topliss-reactive ketones (excluding diaryl/α,β-unsaturated/α-hetero) is 1. The number of rotatable bonds is 4. The van der Waals surface area contributed by atoms with Crippen LogP contribution in [0.2, 0.25) is 0 Å². The van der Waals surface area contributed by atoms with Crippen LogP contribution in [0.5, 0.6) is 0 Å². The Balaban J connectivity index is 1.89. The molecule has 92 valence electrons. The van der Waals surface area contributed by atoms with E-state index in [0.29, 0.717) is 18.3 Å². The SMILES string of the molecule is CN(CC(=O)c1cnccn1)[C@H]1CCCNC1. The summed E-state index contributed by atoms with van der Waals surface area (Å²) in [6.45, 7) is 2.46. The summed E-state index contributed by atoms with van der Waals surface area (Å²) in [6.07, 6.45) is 6.97. The lowest BCUT2D eigenvalue weighted by molar-refractivity contribution is 0.0901. The fraction of sp³-hybridized carbons (Fsp3) is 0.583. The van der Waals surface area contributed by atoms with Crippen LogP contribution in [0, 0.1) is 0 Å². The van der Waals surface area contributed by atoms with Crippen LogP contribution in [-0.2, 0) is 0 Å². The molecule has 1 aliphatic heterocycles. The van der Waals surface area contributed by atoms with E-state index in [9.17, 15) is 4.79 Å². The summed E-state index contributed by atoms with van der Waals surface area (Å²) in [5.74, 6) is 0.0335. The van der Waals surface area contributed by atoms with Crippen molar-refractivity contribution in [3.05, 3.63) is 24.3 Å². The second-order valence-electron chi connectivity index (χ2n) is 4.43. The maximum atomic E-state index is 11.9. The second kappa shape index (κ2) is 5.84. The number of carbonyl (C=O) groups is 1. The summed E-state index contributed by atoms with van der Waals surface area (Å²) in [5.41, 5.74) is 0.447. The van der Waals surface area contributed by atoms with Crippen molar-refractivity contribution < 1.29 is 4.79 Å². The zero-order chi connectivity index (χ0) is 12.1. The largest absolute Gasteiger partial charge is 0.315 e. The molecule has 1 N–H and O–H groups in total. The lowest BCUT2D eigenvalue weighted by Gasteiger charge is -2.30. The lowest BCUT2D eigenvalue weighted by Crippen LogP contribution is -2.45. The smallest absolute Gasteiger partial charge is 0.196 e. The molecule has 1 fully saturated rings. The number of hydrogen-bond acceptors (Lipinski definition) is 5. The molecule has 1 saturated heterocycles. The number of hydrogen-bond donors (Lipinski definition) is 1. The Morgan fingerprint density at radius 3 is 3.12 bits per heavy atom. The monoisotopic (exact) mass is 234 g/mol. The third-order valence-electron chi connectivity index (χ3n) is 3.14. The van der Waals surface area contributed by atoms with Gasteiger partial charge in [0, 0.05) is 25.0 Å². The summed E-state index contributed by atoms with van der Waals surface area (Å²) in [5, 5.41) is 3.35. The van der Waals surface area contributed by atoms with E-state index >= 15 is 0 Å². The van der Waals surface area contributed by atoms with Gasteiger partial charge in [-0.1, -0.05) is 0 Å². The minimum atomic E-state index is 0.0335. The van der Waals surface area contributed by atoms with Gasteiger partial charge in [-0.25, -0.2) is 4.98 Å². The van der Waals surface area contributed by atoms with Crippen molar-refractivity contribution in [2.75, 3.05) is 26.7 Å². The summed E-state index contributed by atoms with van der Waals surface area (Å²) in [6, 6.07) is 0.448. The molecule has 0 spiro atoms. The quantitative estimate of drug-likeness (QED) is 0.761. The van der Waals surface area contributed by atoms with Crippen LogP contribution in [-0.4, -0.2) is 53.4 Å². The number of aromatic nitrogens is 2. The molecular weight excluding hydrogens is 216 g/mol. The molecule has 2 rings (SSSR count). The van der Waals surface area contributed by atoms with Gasteiger partial charge >= 0.3 is 0 Å². The van der Waals surface area contributed by atoms with Gasteiger partial charge in [0.25, 0.3) is 0 Å². The Bertz CT molecular complexity index is 362. The van der Waals surface area contributed by atoms with E-state index in [1.54, 1.807) is 12.4 Å². The third kappa shape index (κ3) is 3.31. The molecule has 0 aromatic carbocycles. The van der Waals surface area contributed by atoms with Crippen LogP contribution in [0.4, 0.5) is 0 Å². The van der Waals surface area contributed by atoms with E-state index in [2.05, 4.69) is 20.2 Å². The molecule has 0 aliphatic carbocycles. The topological polar surface area (TPSA) is 58.1 Å². The fourth-order valence-corrected chi connectivity index (χ4v) is 2.09. The first-order valence-corrected chi connectivity index (χ1v) is 5.97. The van der Waals surface area contributed by atoms with Gasteiger partial charge < -0.3 is 5.32 Å². The second-order valence-corrected chi connectivity index (χ2v) is 4.43. The van der Waals surface area contributed by atoms with E-state index < -0.39 is 0 Å². The molecule has 17 heavy (non-hydrogen) atoms. The van der Waals surface area contributed by atoms with Gasteiger partial charge in [0.15, 0.2) is 5.78 Å². The summed E-state index contributed by atoms with van der Waals surface area (Å²) < 4.78 is 0. The highest BCUT2D eigenvalue weighted by Gasteiger charge is 2.20. The first kappa shape index (κ1) is 12.1. The van der Waals surface area contributed by atoms with E-state index in [4.69, 9.17) is 0 Å². The van der Waals surface area contributed by atoms with Crippen molar-refractivity contribution in [2.45, 2.75) is 18.9 Å². The van der Waals surface area contributed by atoms with E-state index in [1.165, 1.54) is 12.6 Å². The molecule has 0 bridgehead atoms. The van der Waals surface area contributed by atoms with Gasteiger partial charge in [0.2, 0.25) is 0 Å². The predicted octanol–water partition coefficient (Wildman–Crippen LogP) is 0.343. The number of ketones is 1. The number of nitrogens with zero attached hydrogens (tertiary/aromatic N) is 3. The minimum absolute atomic E-state index is 0.0335. The van der Waals surface area contributed by atoms with Gasteiger partial charge in [-0.3, -0.25) is 14.7 Å². The van der Waals surface area contributed by atoms with Gasteiger partial charge in [0.05, 0.1) is 12.7 Å². The maximum absolute atomic E-state index is 11.9. The Morgan fingerprint density at radius 2 is 2.47 bits per heavy atom. The van der Waals surface area contributed by atoms with Crippen LogP contribution >= 0.6 is 0 Å². The molecule has 1 aromatic rings. The molecule has 1 aromatic heterocycles. The minimum Gasteiger partial charge on any atom is -0.315 e. The molecule has 5 heteroatoms. The molecule has 0 amide bonds. The maximum Gasteiger partial charge on any atom is 0.196 e. The van der Waals surface area contributed by atoms with Crippen LogP contribution in [0.25, 0.3) is 0 Å². The molecule has 2 heterocycles. The fourth-order valence-electron chi connectivity index (χ4n) is 2.09. The zero-order valence-electron chi connectivity index (χ0n) is 10.1. The van der Waals surface area contributed by atoms with Crippen LogP contribution in [0.15, 0.2) is 18.6 Å². The number of piperidine rings is 1. The van der Waals surface area contributed by atoms with Crippen molar-refractivity contribution >= 4 is 5.78 Å². The molecule has 1 aliphatic rings. The van der Waals surface area contributed by atoms with E-state index in [1.807, 2.05) is 7.05 Å². The van der Waals surface area contributed by atoms with Crippen molar-refractivity contribution in [3.63, 3.8) is 0 Å². The highest BCUT2D eigenvalue weighted by atomic mass is 16.1. The molecule has 0 saturated carbocycles. The Labute approximate surface area is 101 Å². The molecule has 1 atom stereocenters. The highest BCUT2D eigenvalue weighted by molar-refractivity contribution is 5.95. The summed E-state index contributed by atoms with van der Waals surface area (Å²) >= 11 is 0. The molecule has 5 nitrogen and oxygen atoms in total. The average molecular weight is 234 g/mol. The average Bonchev–Trinajstić information content (AvgIpc) is 2.40. The van der Waals surface area contributed by atoms with Crippen LogP contribution < -0.4 is 5.32 Å². The van der Waals surface area contributed by atoms with Crippen LogP contribution in [0.3, 0.4) is 0 Å². The van der Waals surface area contributed by atoms with Crippen molar-refractivity contribution in [1.29, 1.82) is 0 Å². The van der Waals surface area contributed by atoms with Crippen molar-refractivity contribution in [1.82, 2.24) is 20.2 Å². The van der Waals surface area contributed by atoms with Crippen molar-refractivity contribution in [2.24, 2.45) is 0 Å². The number of nitrogens with one attached hydrogen (secondary N) is 1. The Morgan fingerprint density at radius 1 is 1.59 bits per heavy atom. The molecular formula is C12H18N4O.